The van der Waals surface area contributed by atoms with Gasteiger partial charge in [-0.25, -0.2) is 0 Å². The molecule has 1 aliphatic rings. The Hall–Kier alpha value is -0.900. The van der Waals surface area contributed by atoms with Gasteiger partial charge in [0.15, 0.2) is 0 Å². The highest BCUT2D eigenvalue weighted by Crippen LogP contribution is 2.23. The van der Waals surface area contributed by atoms with Crippen LogP contribution in [0.5, 0.6) is 0 Å². The van der Waals surface area contributed by atoms with Gasteiger partial charge in [0.1, 0.15) is 0 Å². The Morgan fingerprint density at radius 1 is 1.35 bits per heavy atom. The molecule has 1 N–H and O–H groups in total. The van der Waals surface area contributed by atoms with E-state index in [1.807, 2.05) is 20.8 Å². The molecule has 98 valence electrons. The van der Waals surface area contributed by atoms with Gasteiger partial charge in [0, 0.05) is 12.8 Å². The number of piperidine rings is 1. The molecule has 0 aromatic rings. The van der Waals surface area contributed by atoms with Crippen LogP contribution in [-0.2, 0) is 9.59 Å². The minimum Gasteiger partial charge on any atom is -0.388 e. The van der Waals surface area contributed by atoms with Crippen LogP contribution in [0.4, 0.5) is 0 Å². The average molecular weight is 241 g/mol. The molecule has 1 unspecified atom stereocenters. The summed E-state index contributed by atoms with van der Waals surface area (Å²) in [6.45, 7) is 7.73. The fourth-order valence-corrected chi connectivity index (χ4v) is 2.49. The van der Waals surface area contributed by atoms with Crippen LogP contribution in [0.1, 0.15) is 47.0 Å². The SMILES string of the molecule is CC(C)CC(C)(O)CN1C(=O)CC(C)CC1=O. The molecule has 1 rings (SSSR count). The number of rotatable bonds is 4. The first-order chi connectivity index (χ1) is 7.71. The zero-order valence-electron chi connectivity index (χ0n) is 11.2. The molecule has 0 aliphatic carbocycles. The summed E-state index contributed by atoms with van der Waals surface area (Å²) < 4.78 is 0. The number of aliphatic hydroxyl groups is 1. The lowest BCUT2D eigenvalue weighted by molar-refractivity contribution is -0.154. The van der Waals surface area contributed by atoms with Crippen LogP contribution in [0.3, 0.4) is 0 Å². The number of amides is 2. The third-order valence-electron chi connectivity index (χ3n) is 3.00. The van der Waals surface area contributed by atoms with Crippen LogP contribution < -0.4 is 0 Å². The Balaban J connectivity index is 2.67. The normalized spacial score (nSPS) is 22.1. The molecule has 2 amide bonds. The molecule has 4 heteroatoms. The largest absolute Gasteiger partial charge is 0.388 e. The fraction of sp³-hybridized carbons (Fsp3) is 0.846. The molecule has 1 aliphatic heterocycles. The van der Waals surface area contributed by atoms with Crippen LogP contribution in [0, 0.1) is 11.8 Å². The molecule has 17 heavy (non-hydrogen) atoms. The fourth-order valence-electron chi connectivity index (χ4n) is 2.49. The van der Waals surface area contributed by atoms with Crippen molar-refractivity contribution in [1.29, 1.82) is 0 Å². The van der Waals surface area contributed by atoms with Gasteiger partial charge in [-0.15, -0.1) is 0 Å². The van der Waals surface area contributed by atoms with E-state index >= 15 is 0 Å². The third-order valence-corrected chi connectivity index (χ3v) is 3.00. The number of β-amino-alcohol motifs (C(OH)–C–C–N with tert-alkyl or cyclic N) is 1. The van der Waals surface area contributed by atoms with Gasteiger partial charge < -0.3 is 5.11 Å². The van der Waals surface area contributed by atoms with E-state index in [1.165, 1.54) is 4.90 Å². The predicted octanol–water partition coefficient (Wildman–Crippen LogP) is 1.57. The zero-order valence-corrected chi connectivity index (χ0v) is 11.2. The summed E-state index contributed by atoms with van der Waals surface area (Å²) >= 11 is 0. The van der Waals surface area contributed by atoms with Crippen LogP contribution in [0.25, 0.3) is 0 Å². The van der Waals surface area contributed by atoms with E-state index < -0.39 is 5.60 Å². The van der Waals surface area contributed by atoms with Crippen molar-refractivity contribution >= 4 is 11.8 Å². The molecule has 0 bridgehead atoms. The van der Waals surface area contributed by atoms with E-state index in [9.17, 15) is 14.7 Å². The van der Waals surface area contributed by atoms with Crippen molar-refractivity contribution in [2.24, 2.45) is 11.8 Å². The quantitative estimate of drug-likeness (QED) is 0.760. The Kier molecular flexibility index (Phi) is 4.31. The number of imide groups is 1. The van der Waals surface area contributed by atoms with Gasteiger partial charge in [0.05, 0.1) is 12.1 Å². The molecular formula is C13H23NO3. The maximum atomic E-state index is 11.8. The Morgan fingerprint density at radius 2 is 1.82 bits per heavy atom. The van der Waals surface area contributed by atoms with Crippen LogP contribution >= 0.6 is 0 Å². The molecule has 1 fully saturated rings. The lowest BCUT2D eigenvalue weighted by Gasteiger charge is -2.35. The summed E-state index contributed by atoms with van der Waals surface area (Å²) in [5, 5.41) is 10.2. The van der Waals surface area contributed by atoms with Crippen molar-refractivity contribution < 1.29 is 14.7 Å². The number of likely N-dealkylation sites (tertiary alicyclic amines) is 1. The average Bonchev–Trinajstić information content (AvgIpc) is 2.09. The first-order valence-electron chi connectivity index (χ1n) is 6.27. The number of carbonyl (C=O) groups is 2. The molecule has 0 aromatic carbocycles. The van der Waals surface area contributed by atoms with Crippen LogP contribution in [0.15, 0.2) is 0 Å². The number of hydrogen-bond donors (Lipinski definition) is 1. The summed E-state index contributed by atoms with van der Waals surface area (Å²) in [5.74, 6) is 0.149. The number of nitrogens with zero attached hydrogens (tertiary/aromatic N) is 1. The second-order valence-electron chi connectivity index (χ2n) is 5.98. The van der Waals surface area contributed by atoms with E-state index in [-0.39, 0.29) is 24.3 Å². The molecule has 4 nitrogen and oxygen atoms in total. The van der Waals surface area contributed by atoms with Gasteiger partial charge in [-0.05, 0) is 25.2 Å². The predicted molar refractivity (Wildman–Crippen MR) is 65.2 cm³/mol. The standard InChI is InChI=1S/C13H23NO3/c1-9(2)7-13(4,17)8-14-11(15)5-10(3)6-12(14)16/h9-10,17H,5-8H2,1-4H3. The molecule has 1 heterocycles. The monoisotopic (exact) mass is 241 g/mol. The summed E-state index contributed by atoms with van der Waals surface area (Å²) in [7, 11) is 0. The molecule has 0 radical (unpaired) electrons. The van der Waals surface area contributed by atoms with E-state index in [1.54, 1.807) is 6.92 Å². The highest BCUT2D eigenvalue weighted by molar-refractivity contribution is 5.97. The number of carbonyl (C=O) groups excluding carboxylic acids is 2. The Bertz CT molecular complexity index is 292. The van der Waals surface area contributed by atoms with Gasteiger partial charge in [-0.3, -0.25) is 14.5 Å². The molecular weight excluding hydrogens is 218 g/mol. The van der Waals surface area contributed by atoms with Crippen molar-refractivity contribution in [2.45, 2.75) is 52.6 Å². The second-order valence-corrected chi connectivity index (χ2v) is 5.98. The molecule has 0 spiro atoms. The van der Waals surface area contributed by atoms with Crippen molar-refractivity contribution in [1.82, 2.24) is 4.90 Å². The minimum absolute atomic E-state index is 0.121. The third kappa shape index (κ3) is 4.11. The lowest BCUT2D eigenvalue weighted by Crippen LogP contribution is -2.50. The topological polar surface area (TPSA) is 57.6 Å². The second kappa shape index (κ2) is 5.17. The van der Waals surface area contributed by atoms with Crippen molar-refractivity contribution in [3.8, 4) is 0 Å². The van der Waals surface area contributed by atoms with Gasteiger partial charge >= 0.3 is 0 Å². The van der Waals surface area contributed by atoms with E-state index in [0.717, 1.165) is 0 Å². The Labute approximate surface area is 103 Å². The summed E-state index contributed by atoms with van der Waals surface area (Å²) in [6, 6.07) is 0. The number of hydrogen-bond acceptors (Lipinski definition) is 3. The maximum Gasteiger partial charge on any atom is 0.229 e. The van der Waals surface area contributed by atoms with Crippen molar-refractivity contribution in [3.05, 3.63) is 0 Å². The summed E-state index contributed by atoms with van der Waals surface area (Å²) in [5.41, 5.74) is -0.986. The molecule has 0 saturated carbocycles. The van der Waals surface area contributed by atoms with Gasteiger partial charge in [-0.2, -0.15) is 0 Å². The minimum atomic E-state index is -0.986. The highest BCUT2D eigenvalue weighted by Gasteiger charge is 2.35. The zero-order chi connectivity index (χ0) is 13.2. The van der Waals surface area contributed by atoms with Gasteiger partial charge in [0.25, 0.3) is 0 Å². The summed E-state index contributed by atoms with van der Waals surface area (Å²) in [6.07, 6.45) is 1.40. The van der Waals surface area contributed by atoms with Crippen LogP contribution in [0.2, 0.25) is 0 Å². The van der Waals surface area contributed by atoms with Gasteiger partial charge in [-0.1, -0.05) is 20.8 Å². The lowest BCUT2D eigenvalue weighted by atomic mass is 9.91. The first kappa shape index (κ1) is 14.2. The molecule has 1 atom stereocenters. The highest BCUT2D eigenvalue weighted by atomic mass is 16.3. The molecule has 1 saturated heterocycles. The smallest absolute Gasteiger partial charge is 0.229 e. The summed E-state index contributed by atoms with van der Waals surface area (Å²) in [4.78, 5) is 24.8. The van der Waals surface area contributed by atoms with Gasteiger partial charge in [0.2, 0.25) is 11.8 Å². The molecule has 0 aromatic heterocycles. The van der Waals surface area contributed by atoms with E-state index in [4.69, 9.17) is 0 Å². The maximum absolute atomic E-state index is 11.8. The van der Waals surface area contributed by atoms with Crippen molar-refractivity contribution in [2.75, 3.05) is 6.54 Å². The van der Waals surface area contributed by atoms with E-state index in [0.29, 0.717) is 25.2 Å². The van der Waals surface area contributed by atoms with Crippen LogP contribution in [-0.4, -0.2) is 34.0 Å². The van der Waals surface area contributed by atoms with E-state index in [2.05, 4.69) is 0 Å². The first-order valence-corrected chi connectivity index (χ1v) is 6.27. The Morgan fingerprint density at radius 3 is 2.24 bits per heavy atom. The van der Waals surface area contributed by atoms with Crippen molar-refractivity contribution in [3.63, 3.8) is 0 Å².